The summed E-state index contributed by atoms with van der Waals surface area (Å²) >= 11 is 0. The monoisotopic (exact) mass is 220 g/mol. The van der Waals surface area contributed by atoms with Crippen LogP contribution < -0.4 is 5.32 Å². The predicted molar refractivity (Wildman–Crippen MR) is 64.0 cm³/mol. The van der Waals surface area contributed by atoms with Crippen LogP contribution in [0.25, 0.3) is 0 Å². The Labute approximate surface area is 97.1 Å². The summed E-state index contributed by atoms with van der Waals surface area (Å²) in [7, 11) is 2.20. The van der Waals surface area contributed by atoms with Crippen molar-refractivity contribution in [3.8, 4) is 0 Å². The highest BCUT2D eigenvalue weighted by Crippen LogP contribution is 2.13. The number of hydrogen-bond acceptors (Lipinski definition) is 4. The molecule has 0 bridgehead atoms. The van der Waals surface area contributed by atoms with Crippen molar-refractivity contribution in [2.45, 2.75) is 19.4 Å². The van der Waals surface area contributed by atoms with Crippen LogP contribution in [0.15, 0.2) is 18.3 Å². The van der Waals surface area contributed by atoms with Crippen molar-refractivity contribution in [1.82, 2.24) is 20.4 Å². The number of hydrogen-bond donors (Lipinski definition) is 1. The number of rotatable bonds is 4. The predicted octanol–water partition coefficient (Wildman–Crippen LogP) is 0.908. The van der Waals surface area contributed by atoms with Crippen molar-refractivity contribution >= 4 is 0 Å². The second-order valence-electron chi connectivity index (χ2n) is 4.62. The first kappa shape index (κ1) is 11.5. The number of nitrogens with zero attached hydrogens (tertiary/aromatic N) is 3. The topological polar surface area (TPSA) is 41.0 Å². The minimum Gasteiger partial charge on any atom is -0.311 e. The molecule has 4 nitrogen and oxygen atoms in total. The molecular formula is C12H20N4. The summed E-state index contributed by atoms with van der Waals surface area (Å²) in [4.78, 5) is 2.41. The van der Waals surface area contributed by atoms with Gasteiger partial charge in [0, 0.05) is 19.3 Å². The van der Waals surface area contributed by atoms with Crippen LogP contribution >= 0.6 is 0 Å². The van der Waals surface area contributed by atoms with Crippen molar-refractivity contribution in [3.05, 3.63) is 24.0 Å². The molecule has 2 rings (SSSR count). The molecule has 0 radical (unpaired) electrons. The number of likely N-dealkylation sites (tertiary alicyclic amines) is 1. The average Bonchev–Trinajstić information content (AvgIpc) is 2.30. The number of aromatic nitrogens is 2. The molecule has 0 aliphatic carbocycles. The zero-order valence-electron chi connectivity index (χ0n) is 9.89. The summed E-state index contributed by atoms with van der Waals surface area (Å²) < 4.78 is 0. The molecule has 16 heavy (non-hydrogen) atoms. The quantitative estimate of drug-likeness (QED) is 0.819. The zero-order chi connectivity index (χ0) is 11.2. The van der Waals surface area contributed by atoms with Crippen LogP contribution in [0.2, 0.25) is 0 Å². The molecule has 0 spiro atoms. The van der Waals surface area contributed by atoms with E-state index in [1.54, 1.807) is 6.20 Å². The molecule has 0 amide bonds. The zero-order valence-corrected chi connectivity index (χ0v) is 9.89. The van der Waals surface area contributed by atoms with Crippen LogP contribution in [0.1, 0.15) is 18.5 Å². The molecule has 88 valence electrons. The van der Waals surface area contributed by atoms with E-state index < -0.39 is 0 Å². The maximum absolute atomic E-state index is 4.05. The molecule has 0 saturated carbocycles. The fourth-order valence-electron chi connectivity index (χ4n) is 2.27. The van der Waals surface area contributed by atoms with Crippen molar-refractivity contribution < 1.29 is 0 Å². The van der Waals surface area contributed by atoms with Crippen molar-refractivity contribution in [2.75, 3.05) is 26.7 Å². The normalized spacial score (nSPS) is 22.2. The van der Waals surface area contributed by atoms with Crippen molar-refractivity contribution in [2.24, 2.45) is 5.92 Å². The third kappa shape index (κ3) is 3.54. The van der Waals surface area contributed by atoms with Gasteiger partial charge in [-0.2, -0.15) is 10.2 Å². The fourth-order valence-corrected chi connectivity index (χ4v) is 2.27. The Hall–Kier alpha value is -1.00. The summed E-state index contributed by atoms with van der Waals surface area (Å²) in [5, 5.41) is 11.4. The summed E-state index contributed by atoms with van der Waals surface area (Å²) in [6.07, 6.45) is 4.38. The molecule has 1 aliphatic rings. The van der Waals surface area contributed by atoms with E-state index in [1.807, 2.05) is 12.1 Å². The van der Waals surface area contributed by atoms with Crippen LogP contribution in [0, 0.1) is 5.92 Å². The maximum Gasteiger partial charge on any atom is 0.0768 e. The van der Waals surface area contributed by atoms with Crippen LogP contribution in [0.5, 0.6) is 0 Å². The van der Waals surface area contributed by atoms with E-state index in [0.717, 1.165) is 24.7 Å². The van der Waals surface area contributed by atoms with Gasteiger partial charge in [-0.3, -0.25) is 0 Å². The lowest BCUT2D eigenvalue weighted by Crippen LogP contribution is -2.37. The highest BCUT2D eigenvalue weighted by molar-refractivity contribution is 4.98. The highest BCUT2D eigenvalue weighted by atomic mass is 15.1. The minimum absolute atomic E-state index is 0.787. The van der Waals surface area contributed by atoms with E-state index >= 15 is 0 Å². The molecule has 1 saturated heterocycles. The largest absolute Gasteiger partial charge is 0.311 e. The molecule has 1 fully saturated rings. The van der Waals surface area contributed by atoms with Gasteiger partial charge < -0.3 is 10.2 Å². The molecule has 1 N–H and O–H groups in total. The molecular weight excluding hydrogens is 200 g/mol. The van der Waals surface area contributed by atoms with Crippen LogP contribution in [0.3, 0.4) is 0 Å². The molecule has 1 aliphatic heterocycles. The fraction of sp³-hybridized carbons (Fsp3) is 0.667. The number of piperidine rings is 1. The SMILES string of the molecule is CN1CCCC(CNCc2cccnn2)C1. The van der Waals surface area contributed by atoms with E-state index in [4.69, 9.17) is 0 Å². The van der Waals surface area contributed by atoms with E-state index in [1.165, 1.54) is 25.9 Å². The first-order valence-corrected chi connectivity index (χ1v) is 6.00. The Bertz CT molecular complexity index is 301. The lowest BCUT2D eigenvalue weighted by Gasteiger charge is -2.29. The molecule has 1 aromatic heterocycles. The number of nitrogens with one attached hydrogen (secondary N) is 1. The summed E-state index contributed by atoms with van der Waals surface area (Å²) in [5.41, 5.74) is 1.02. The Morgan fingerprint density at radius 1 is 1.56 bits per heavy atom. The van der Waals surface area contributed by atoms with Gasteiger partial charge in [-0.15, -0.1) is 0 Å². The molecule has 2 heterocycles. The van der Waals surface area contributed by atoms with E-state index in [9.17, 15) is 0 Å². The smallest absolute Gasteiger partial charge is 0.0768 e. The lowest BCUT2D eigenvalue weighted by atomic mass is 9.98. The molecule has 0 aromatic carbocycles. The van der Waals surface area contributed by atoms with Gasteiger partial charge in [0.1, 0.15) is 0 Å². The lowest BCUT2D eigenvalue weighted by molar-refractivity contribution is 0.206. The molecule has 1 aromatic rings. The van der Waals surface area contributed by atoms with Crippen LogP contribution in [-0.2, 0) is 6.54 Å². The second kappa shape index (κ2) is 5.92. The van der Waals surface area contributed by atoms with Crippen LogP contribution in [-0.4, -0.2) is 41.8 Å². The van der Waals surface area contributed by atoms with Gasteiger partial charge in [0.15, 0.2) is 0 Å². The van der Waals surface area contributed by atoms with Gasteiger partial charge in [0.2, 0.25) is 0 Å². The third-order valence-electron chi connectivity index (χ3n) is 3.09. The third-order valence-corrected chi connectivity index (χ3v) is 3.09. The van der Waals surface area contributed by atoms with Gasteiger partial charge in [-0.05, 0) is 51.0 Å². The average molecular weight is 220 g/mol. The van der Waals surface area contributed by atoms with Crippen molar-refractivity contribution in [1.29, 1.82) is 0 Å². The van der Waals surface area contributed by atoms with E-state index in [-0.39, 0.29) is 0 Å². The van der Waals surface area contributed by atoms with Gasteiger partial charge in [0.05, 0.1) is 5.69 Å². The van der Waals surface area contributed by atoms with Crippen molar-refractivity contribution in [3.63, 3.8) is 0 Å². The van der Waals surface area contributed by atoms with Crippen LogP contribution in [0.4, 0.5) is 0 Å². The molecule has 1 atom stereocenters. The first-order valence-electron chi connectivity index (χ1n) is 6.00. The standard InChI is InChI=1S/C12H20N4/c1-16-7-3-4-11(10-16)8-13-9-12-5-2-6-14-15-12/h2,5-6,11,13H,3-4,7-10H2,1H3. The summed E-state index contributed by atoms with van der Waals surface area (Å²) in [6.45, 7) is 4.38. The minimum atomic E-state index is 0.787. The molecule has 4 heteroatoms. The van der Waals surface area contributed by atoms with E-state index in [0.29, 0.717) is 0 Å². The molecule has 1 unspecified atom stereocenters. The Kier molecular flexibility index (Phi) is 4.25. The maximum atomic E-state index is 4.05. The van der Waals surface area contributed by atoms with Gasteiger partial charge in [-0.25, -0.2) is 0 Å². The van der Waals surface area contributed by atoms with Gasteiger partial charge in [0.25, 0.3) is 0 Å². The Morgan fingerprint density at radius 2 is 2.50 bits per heavy atom. The Balaban J connectivity index is 1.68. The van der Waals surface area contributed by atoms with Gasteiger partial charge in [-0.1, -0.05) is 0 Å². The second-order valence-corrected chi connectivity index (χ2v) is 4.62. The first-order chi connectivity index (χ1) is 7.84. The summed E-state index contributed by atoms with van der Waals surface area (Å²) in [5.74, 6) is 0.787. The summed E-state index contributed by atoms with van der Waals surface area (Å²) in [6, 6.07) is 3.94. The highest BCUT2D eigenvalue weighted by Gasteiger charge is 2.16. The Morgan fingerprint density at radius 3 is 3.25 bits per heavy atom. The van der Waals surface area contributed by atoms with Gasteiger partial charge >= 0.3 is 0 Å². The van der Waals surface area contributed by atoms with E-state index in [2.05, 4.69) is 27.5 Å².